The molecule has 0 aliphatic carbocycles. The molecule has 0 fully saturated rings. The van der Waals surface area contributed by atoms with Crippen LogP contribution in [0.4, 0.5) is 5.69 Å². The van der Waals surface area contributed by atoms with Gasteiger partial charge in [0.1, 0.15) is 17.1 Å². The fourth-order valence-corrected chi connectivity index (χ4v) is 2.28. The molecular formula is C15H13Cl2NO4. The lowest BCUT2D eigenvalue weighted by Crippen LogP contribution is -2.21. The van der Waals surface area contributed by atoms with Gasteiger partial charge >= 0.3 is 5.97 Å². The number of hydrogen-bond donors (Lipinski definition) is 1. The molecule has 0 atom stereocenters. The van der Waals surface area contributed by atoms with Crippen LogP contribution in [0, 0.1) is 13.8 Å². The van der Waals surface area contributed by atoms with E-state index in [2.05, 4.69) is 5.32 Å². The predicted octanol–water partition coefficient (Wildman–Crippen LogP) is 4.00. The first-order valence-electron chi connectivity index (χ1n) is 6.36. The highest BCUT2D eigenvalue weighted by Gasteiger charge is 2.16. The number of rotatable bonds is 4. The van der Waals surface area contributed by atoms with E-state index in [1.807, 2.05) is 0 Å². The van der Waals surface area contributed by atoms with Crippen LogP contribution in [0.5, 0.6) is 0 Å². The van der Waals surface area contributed by atoms with Crippen molar-refractivity contribution in [3.05, 3.63) is 51.4 Å². The molecule has 0 radical (unpaired) electrons. The molecule has 0 aliphatic heterocycles. The highest BCUT2D eigenvalue weighted by molar-refractivity contribution is 6.36. The minimum Gasteiger partial charge on any atom is -0.466 e. The van der Waals surface area contributed by atoms with Crippen molar-refractivity contribution in [1.82, 2.24) is 0 Å². The lowest BCUT2D eigenvalue weighted by Gasteiger charge is -2.08. The average molecular weight is 342 g/mol. The molecule has 0 saturated heterocycles. The van der Waals surface area contributed by atoms with Crippen LogP contribution >= 0.6 is 23.2 Å². The first kappa shape index (κ1) is 16.4. The highest BCUT2D eigenvalue weighted by Crippen LogP contribution is 2.25. The van der Waals surface area contributed by atoms with Crippen molar-refractivity contribution >= 4 is 40.8 Å². The number of carbonyl (C=O) groups is 2. The van der Waals surface area contributed by atoms with Crippen molar-refractivity contribution in [2.24, 2.45) is 0 Å². The quantitative estimate of drug-likeness (QED) is 0.853. The largest absolute Gasteiger partial charge is 0.466 e. The zero-order chi connectivity index (χ0) is 16.3. The third-order valence-electron chi connectivity index (χ3n) is 2.80. The van der Waals surface area contributed by atoms with Gasteiger partial charge in [0, 0.05) is 5.02 Å². The first-order valence-corrected chi connectivity index (χ1v) is 7.11. The molecule has 1 aromatic carbocycles. The summed E-state index contributed by atoms with van der Waals surface area (Å²) in [6.45, 7) is 2.94. The second-order valence-corrected chi connectivity index (χ2v) is 5.42. The van der Waals surface area contributed by atoms with Gasteiger partial charge in [0.25, 0.3) is 5.91 Å². The number of nitrogens with one attached hydrogen (secondary N) is 1. The summed E-state index contributed by atoms with van der Waals surface area (Å²) in [7, 11) is 0. The van der Waals surface area contributed by atoms with E-state index in [9.17, 15) is 9.59 Å². The lowest BCUT2D eigenvalue weighted by molar-refractivity contribution is -0.119. The Morgan fingerprint density at radius 2 is 1.95 bits per heavy atom. The van der Waals surface area contributed by atoms with Crippen LogP contribution < -0.4 is 5.32 Å². The summed E-state index contributed by atoms with van der Waals surface area (Å²) in [5, 5.41) is 3.29. The SMILES string of the molecule is Cc1cc(C(=O)OCC(=O)Nc2ccc(Cl)cc2Cl)c(C)o1. The molecule has 0 saturated carbocycles. The van der Waals surface area contributed by atoms with Gasteiger partial charge in [-0.1, -0.05) is 23.2 Å². The molecule has 1 aromatic heterocycles. The molecule has 7 heteroatoms. The molecule has 1 N–H and O–H groups in total. The van der Waals surface area contributed by atoms with E-state index < -0.39 is 18.5 Å². The van der Waals surface area contributed by atoms with Crippen LogP contribution in [0.1, 0.15) is 21.9 Å². The smallest absolute Gasteiger partial charge is 0.342 e. The number of benzene rings is 1. The number of halogens is 2. The Hall–Kier alpha value is -1.98. The van der Waals surface area contributed by atoms with E-state index in [0.717, 1.165) is 0 Å². The Morgan fingerprint density at radius 3 is 2.55 bits per heavy atom. The fraction of sp³-hybridized carbons (Fsp3) is 0.200. The maximum atomic E-state index is 11.8. The molecular weight excluding hydrogens is 329 g/mol. The van der Waals surface area contributed by atoms with E-state index in [1.165, 1.54) is 6.07 Å². The molecule has 1 heterocycles. The van der Waals surface area contributed by atoms with Crippen LogP contribution in [0.2, 0.25) is 10.0 Å². The molecule has 1 amide bonds. The molecule has 0 aliphatic rings. The molecule has 116 valence electrons. The summed E-state index contributed by atoms with van der Waals surface area (Å²) in [5.41, 5.74) is 0.692. The summed E-state index contributed by atoms with van der Waals surface area (Å²) < 4.78 is 10.2. The van der Waals surface area contributed by atoms with E-state index in [1.54, 1.807) is 32.0 Å². The number of esters is 1. The molecule has 2 rings (SSSR count). The zero-order valence-electron chi connectivity index (χ0n) is 11.9. The third kappa shape index (κ3) is 4.02. The van der Waals surface area contributed by atoms with Gasteiger partial charge in [-0.05, 0) is 38.1 Å². The maximum absolute atomic E-state index is 11.8. The second-order valence-electron chi connectivity index (χ2n) is 4.58. The number of amides is 1. The van der Waals surface area contributed by atoms with Crippen LogP contribution in [0.15, 0.2) is 28.7 Å². The average Bonchev–Trinajstić information content (AvgIpc) is 2.78. The van der Waals surface area contributed by atoms with Gasteiger partial charge in [-0.25, -0.2) is 4.79 Å². The van der Waals surface area contributed by atoms with Crippen LogP contribution in [-0.2, 0) is 9.53 Å². The van der Waals surface area contributed by atoms with Gasteiger partial charge < -0.3 is 14.5 Å². The monoisotopic (exact) mass is 341 g/mol. The molecule has 0 bridgehead atoms. The van der Waals surface area contributed by atoms with Crippen molar-refractivity contribution in [3.8, 4) is 0 Å². The van der Waals surface area contributed by atoms with E-state index in [4.69, 9.17) is 32.4 Å². The van der Waals surface area contributed by atoms with E-state index in [0.29, 0.717) is 32.8 Å². The molecule has 2 aromatic rings. The Labute approximate surface area is 137 Å². The van der Waals surface area contributed by atoms with Gasteiger partial charge in [0.15, 0.2) is 6.61 Å². The normalized spacial score (nSPS) is 10.4. The lowest BCUT2D eigenvalue weighted by atomic mass is 10.2. The Kier molecular flexibility index (Phi) is 5.11. The number of ether oxygens (including phenoxy) is 1. The van der Waals surface area contributed by atoms with Crippen molar-refractivity contribution < 1.29 is 18.7 Å². The Morgan fingerprint density at radius 1 is 1.23 bits per heavy atom. The highest BCUT2D eigenvalue weighted by atomic mass is 35.5. The third-order valence-corrected chi connectivity index (χ3v) is 3.35. The summed E-state index contributed by atoms with van der Waals surface area (Å²) in [6, 6.07) is 6.22. The van der Waals surface area contributed by atoms with E-state index >= 15 is 0 Å². The molecule has 5 nitrogen and oxygen atoms in total. The topological polar surface area (TPSA) is 68.5 Å². The molecule has 0 unspecified atom stereocenters. The summed E-state index contributed by atoms with van der Waals surface area (Å²) in [6.07, 6.45) is 0. The molecule has 0 spiro atoms. The maximum Gasteiger partial charge on any atom is 0.342 e. The van der Waals surface area contributed by atoms with Crippen LogP contribution in [0.3, 0.4) is 0 Å². The Balaban J connectivity index is 1.92. The summed E-state index contributed by atoms with van der Waals surface area (Å²) in [4.78, 5) is 23.6. The van der Waals surface area contributed by atoms with Crippen molar-refractivity contribution in [2.45, 2.75) is 13.8 Å². The Bertz CT molecular complexity index is 724. The number of carbonyl (C=O) groups excluding carboxylic acids is 2. The minimum atomic E-state index is -0.619. The fourth-order valence-electron chi connectivity index (χ4n) is 1.82. The van der Waals surface area contributed by atoms with E-state index in [-0.39, 0.29) is 0 Å². The van der Waals surface area contributed by atoms with Gasteiger partial charge in [0.05, 0.1) is 10.7 Å². The molecule has 22 heavy (non-hydrogen) atoms. The van der Waals surface area contributed by atoms with Crippen molar-refractivity contribution in [3.63, 3.8) is 0 Å². The first-order chi connectivity index (χ1) is 10.4. The standard InChI is InChI=1S/C15H13Cl2NO4/c1-8-5-11(9(2)22-8)15(20)21-7-14(19)18-13-4-3-10(16)6-12(13)17/h3-6H,7H2,1-2H3,(H,18,19). The van der Waals surface area contributed by atoms with Crippen molar-refractivity contribution in [2.75, 3.05) is 11.9 Å². The van der Waals surface area contributed by atoms with Gasteiger partial charge in [-0.2, -0.15) is 0 Å². The van der Waals surface area contributed by atoms with Gasteiger partial charge in [-0.15, -0.1) is 0 Å². The van der Waals surface area contributed by atoms with Crippen LogP contribution in [-0.4, -0.2) is 18.5 Å². The predicted molar refractivity (Wildman–Crippen MR) is 83.6 cm³/mol. The van der Waals surface area contributed by atoms with Gasteiger partial charge in [-0.3, -0.25) is 4.79 Å². The number of furan rings is 1. The summed E-state index contributed by atoms with van der Waals surface area (Å²) in [5.74, 6) is -0.0763. The number of hydrogen-bond acceptors (Lipinski definition) is 4. The zero-order valence-corrected chi connectivity index (χ0v) is 13.4. The second kappa shape index (κ2) is 6.85. The minimum absolute atomic E-state index is 0.300. The van der Waals surface area contributed by atoms with Crippen molar-refractivity contribution in [1.29, 1.82) is 0 Å². The number of aryl methyl sites for hydroxylation is 2. The van der Waals surface area contributed by atoms with Crippen LogP contribution in [0.25, 0.3) is 0 Å². The number of anilines is 1. The van der Waals surface area contributed by atoms with Gasteiger partial charge in [0.2, 0.25) is 0 Å². The summed E-state index contributed by atoms with van der Waals surface area (Å²) >= 11 is 11.7.